The van der Waals surface area contributed by atoms with E-state index in [0.717, 1.165) is 6.07 Å². The summed E-state index contributed by atoms with van der Waals surface area (Å²) >= 11 is 5.52. The Morgan fingerprint density at radius 3 is 2.62 bits per heavy atom. The van der Waals surface area contributed by atoms with Gasteiger partial charge >= 0.3 is 0 Å². The number of hydrogen-bond donors (Lipinski definition) is 1. The van der Waals surface area contributed by atoms with Crippen LogP contribution in [0.15, 0.2) is 12.1 Å². The fraction of sp³-hybridized carbons (Fsp3) is 0. The first kappa shape index (κ1) is 9.47. The summed E-state index contributed by atoms with van der Waals surface area (Å²) in [7, 11) is 0. The summed E-state index contributed by atoms with van der Waals surface area (Å²) in [5, 5.41) is 10.3. The highest BCUT2D eigenvalue weighted by molar-refractivity contribution is 6.33. The number of nitrogens with zero attached hydrogens (tertiary/aromatic N) is 1. The minimum atomic E-state index is -0.672. The number of nitro benzene ring substituents is 1. The van der Waals surface area contributed by atoms with Crippen molar-refractivity contribution in [2.45, 2.75) is 0 Å². The fourth-order valence-corrected chi connectivity index (χ4v) is 1.08. The van der Waals surface area contributed by atoms with Crippen molar-refractivity contribution in [1.82, 2.24) is 0 Å². The van der Waals surface area contributed by atoms with Crippen molar-refractivity contribution in [3.05, 3.63) is 32.8 Å². The average Bonchev–Trinajstić information content (AvgIpc) is 2.03. The standard InChI is InChI=1S/C7H5ClN2O3/c8-5-2-6(9)4(3-11)1-7(5)10(12)13/h1-3H,9H2. The predicted molar refractivity (Wildman–Crippen MR) is 47.9 cm³/mol. The predicted octanol–water partition coefficient (Wildman–Crippen LogP) is 1.64. The van der Waals surface area contributed by atoms with Crippen molar-refractivity contribution in [3.63, 3.8) is 0 Å². The summed E-state index contributed by atoms with van der Waals surface area (Å²) in [5.41, 5.74) is 5.24. The van der Waals surface area contributed by atoms with E-state index in [4.69, 9.17) is 17.3 Å². The lowest BCUT2D eigenvalue weighted by atomic mass is 10.2. The third-order valence-electron chi connectivity index (χ3n) is 1.48. The molecule has 5 nitrogen and oxygen atoms in total. The van der Waals surface area contributed by atoms with Crippen LogP contribution >= 0.6 is 11.6 Å². The van der Waals surface area contributed by atoms with E-state index >= 15 is 0 Å². The molecule has 0 unspecified atom stereocenters. The molecule has 0 bridgehead atoms. The molecule has 6 heteroatoms. The highest BCUT2D eigenvalue weighted by Crippen LogP contribution is 2.28. The Labute approximate surface area is 78.3 Å². The Morgan fingerprint density at radius 2 is 2.15 bits per heavy atom. The molecule has 0 atom stereocenters. The zero-order valence-electron chi connectivity index (χ0n) is 6.36. The van der Waals surface area contributed by atoms with E-state index in [0.29, 0.717) is 6.29 Å². The van der Waals surface area contributed by atoms with Gasteiger partial charge in [-0.15, -0.1) is 0 Å². The summed E-state index contributed by atoms with van der Waals surface area (Å²) < 4.78 is 0. The van der Waals surface area contributed by atoms with Crippen LogP contribution in [-0.4, -0.2) is 11.2 Å². The number of hydrogen-bond acceptors (Lipinski definition) is 4. The molecule has 68 valence electrons. The third-order valence-corrected chi connectivity index (χ3v) is 1.78. The first-order chi connectivity index (χ1) is 6.06. The van der Waals surface area contributed by atoms with Gasteiger partial charge in [-0.05, 0) is 6.07 Å². The minimum Gasteiger partial charge on any atom is -0.398 e. The normalized spacial score (nSPS) is 9.62. The summed E-state index contributed by atoms with van der Waals surface area (Å²) in [5.74, 6) is 0. The molecule has 2 N–H and O–H groups in total. The Bertz CT molecular complexity index is 378. The van der Waals surface area contributed by atoms with Gasteiger partial charge in [-0.2, -0.15) is 0 Å². The quantitative estimate of drug-likeness (QED) is 0.340. The van der Waals surface area contributed by atoms with E-state index < -0.39 is 4.92 Å². The SMILES string of the molecule is Nc1cc(Cl)c([N+](=O)[O-])cc1C=O. The molecule has 0 saturated carbocycles. The molecule has 1 aromatic carbocycles. The maximum atomic E-state index is 10.4. The molecule has 0 saturated heterocycles. The van der Waals surface area contributed by atoms with Gasteiger partial charge in [0, 0.05) is 17.3 Å². The van der Waals surface area contributed by atoms with Gasteiger partial charge in [-0.1, -0.05) is 11.6 Å². The van der Waals surface area contributed by atoms with E-state index in [1.54, 1.807) is 0 Å². The molecule has 1 aromatic rings. The maximum absolute atomic E-state index is 10.4. The summed E-state index contributed by atoms with van der Waals surface area (Å²) in [6.07, 6.45) is 0.443. The lowest BCUT2D eigenvalue weighted by molar-refractivity contribution is -0.384. The summed E-state index contributed by atoms with van der Waals surface area (Å²) in [6, 6.07) is 2.23. The first-order valence-electron chi connectivity index (χ1n) is 3.25. The van der Waals surface area contributed by atoms with Crippen LogP contribution in [0.25, 0.3) is 0 Å². The summed E-state index contributed by atoms with van der Waals surface area (Å²) in [4.78, 5) is 20.1. The molecule has 13 heavy (non-hydrogen) atoms. The van der Waals surface area contributed by atoms with Gasteiger partial charge in [-0.25, -0.2) is 0 Å². The fourth-order valence-electron chi connectivity index (χ4n) is 0.835. The van der Waals surface area contributed by atoms with Gasteiger partial charge < -0.3 is 5.73 Å². The third kappa shape index (κ3) is 1.75. The number of aldehydes is 1. The van der Waals surface area contributed by atoms with Crippen LogP contribution in [0.1, 0.15) is 10.4 Å². The average molecular weight is 201 g/mol. The lowest BCUT2D eigenvalue weighted by Gasteiger charge is -1.99. The zero-order valence-corrected chi connectivity index (χ0v) is 7.12. The molecule has 0 aromatic heterocycles. The van der Waals surface area contributed by atoms with E-state index in [-0.39, 0.29) is 22.0 Å². The first-order valence-corrected chi connectivity index (χ1v) is 3.62. The van der Waals surface area contributed by atoms with Gasteiger partial charge in [0.1, 0.15) is 5.02 Å². The number of benzene rings is 1. The number of halogens is 1. The van der Waals surface area contributed by atoms with Gasteiger partial charge in [-0.3, -0.25) is 14.9 Å². The minimum absolute atomic E-state index is 0.0658. The molecule has 0 radical (unpaired) electrons. The number of nitrogens with two attached hydrogens (primary N) is 1. The molecule has 0 amide bonds. The number of carbonyl (C=O) groups excluding carboxylic acids is 1. The molecule has 0 heterocycles. The largest absolute Gasteiger partial charge is 0.398 e. The van der Waals surface area contributed by atoms with Crippen molar-refractivity contribution < 1.29 is 9.72 Å². The van der Waals surface area contributed by atoms with E-state index in [2.05, 4.69) is 0 Å². The van der Waals surface area contributed by atoms with E-state index in [1.165, 1.54) is 6.07 Å². The number of carbonyl (C=O) groups is 1. The second-order valence-electron chi connectivity index (χ2n) is 2.31. The van der Waals surface area contributed by atoms with Crippen molar-refractivity contribution >= 4 is 29.3 Å². The van der Waals surface area contributed by atoms with Crippen molar-refractivity contribution in [2.24, 2.45) is 0 Å². The van der Waals surface area contributed by atoms with Crippen LogP contribution in [0.5, 0.6) is 0 Å². The van der Waals surface area contributed by atoms with Crippen LogP contribution in [0.4, 0.5) is 11.4 Å². The van der Waals surface area contributed by atoms with E-state index in [1.807, 2.05) is 0 Å². The number of anilines is 1. The molecule has 0 fully saturated rings. The Morgan fingerprint density at radius 1 is 1.54 bits per heavy atom. The zero-order chi connectivity index (χ0) is 10.0. The van der Waals surface area contributed by atoms with Crippen molar-refractivity contribution in [3.8, 4) is 0 Å². The molecular formula is C7H5ClN2O3. The molecule has 1 rings (SSSR count). The number of rotatable bonds is 2. The highest BCUT2D eigenvalue weighted by Gasteiger charge is 2.14. The molecule has 0 spiro atoms. The van der Waals surface area contributed by atoms with Gasteiger partial charge in [0.15, 0.2) is 6.29 Å². The smallest absolute Gasteiger partial charge is 0.288 e. The van der Waals surface area contributed by atoms with Crippen LogP contribution in [0.2, 0.25) is 5.02 Å². The molecule has 0 aliphatic heterocycles. The van der Waals surface area contributed by atoms with Crippen LogP contribution < -0.4 is 5.73 Å². The lowest BCUT2D eigenvalue weighted by Crippen LogP contribution is -1.96. The second kappa shape index (κ2) is 3.40. The van der Waals surface area contributed by atoms with Crippen molar-refractivity contribution in [2.75, 3.05) is 5.73 Å². The maximum Gasteiger partial charge on any atom is 0.288 e. The molecule has 0 aliphatic carbocycles. The number of nitro groups is 1. The van der Waals surface area contributed by atoms with E-state index in [9.17, 15) is 14.9 Å². The van der Waals surface area contributed by atoms with Gasteiger partial charge in [0.05, 0.1) is 4.92 Å². The Hall–Kier alpha value is -1.62. The van der Waals surface area contributed by atoms with Crippen molar-refractivity contribution in [1.29, 1.82) is 0 Å². The molecular weight excluding hydrogens is 196 g/mol. The highest BCUT2D eigenvalue weighted by atomic mass is 35.5. The number of nitrogen functional groups attached to an aromatic ring is 1. The van der Waals surface area contributed by atoms with Crippen LogP contribution in [-0.2, 0) is 0 Å². The van der Waals surface area contributed by atoms with Crippen LogP contribution in [0, 0.1) is 10.1 Å². The Kier molecular flexibility index (Phi) is 2.48. The Balaban J connectivity index is 3.38. The second-order valence-corrected chi connectivity index (χ2v) is 2.71. The van der Waals surface area contributed by atoms with Gasteiger partial charge in [0.25, 0.3) is 5.69 Å². The summed E-state index contributed by atoms with van der Waals surface area (Å²) in [6.45, 7) is 0. The molecule has 0 aliphatic rings. The van der Waals surface area contributed by atoms with Gasteiger partial charge in [0.2, 0.25) is 0 Å². The van der Waals surface area contributed by atoms with Crippen LogP contribution in [0.3, 0.4) is 0 Å². The monoisotopic (exact) mass is 200 g/mol. The topological polar surface area (TPSA) is 86.2 Å².